The van der Waals surface area contributed by atoms with Gasteiger partial charge in [0, 0.05) is 6.54 Å². The molecule has 0 aromatic carbocycles. The number of hydrogen-bond donors (Lipinski definition) is 0. The molecule has 96 valence electrons. The number of Topliss-reactive ketones (excluding diaryl/α,β-unsaturated/α-hetero) is 1. The average molecular weight is 243 g/mol. The van der Waals surface area contributed by atoms with Crippen molar-refractivity contribution in [3.05, 3.63) is 0 Å². The maximum absolute atomic E-state index is 11.8. The normalized spacial score (nSPS) is 19.9. The van der Waals surface area contributed by atoms with Gasteiger partial charge in [-0.2, -0.15) is 0 Å². The first-order valence-corrected chi connectivity index (χ1v) is 5.63. The minimum absolute atomic E-state index is 0.0637. The highest BCUT2D eigenvalue weighted by Gasteiger charge is 2.27. The van der Waals surface area contributed by atoms with Crippen LogP contribution < -0.4 is 0 Å². The van der Waals surface area contributed by atoms with Gasteiger partial charge in [0.05, 0.1) is 32.3 Å². The predicted molar refractivity (Wildman–Crippen MR) is 58.3 cm³/mol. The second kappa shape index (κ2) is 6.34. The van der Waals surface area contributed by atoms with E-state index in [1.54, 1.807) is 11.8 Å². The maximum atomic E-state index is 11.8. The lowest BCUT2D eigenvalue weighted by Crippen LogP contribution is -2.48. The molecule has 1 rings (SSSR count). The number of hydrogen-bond acceptors (Lipinski definition) is 5. The molecule has 1 fully saturated rings. The quantitative estimate of drug-likeness (QED) is 0.387. The molecule has 0 saturated carbocycles. The van der Waals surface area contributed by atoms with E-state index in [0.717, 1.165) is 0 Å². The van der Waals surface area contributed by atoms with Crippen LogP contribution in [0.5, 0.6) is 0 Å². The van der Waals surface area contributed by atoms with Gasteiger partial charge in [-0.1, -0.05) is 0 Å². The highest BCUT2D eigenvalue weighted by molar-refractivity contribution is 6.36. The molecule has 0 bridgehead atoms. The van der Waals surface area contributed by atoms with E-state index in [9.17, 15) is 14.4 Å². The maximum Gasteiger partial charge on any atom is 0.375 e. The molecule has 17 heavy (non-hydrogen) atoms. The van der Waals surface area contributed by atoms with Crippen LogP contribution in [0.1, 0.15) is 20.3 Å². The molecule has 0 spiro atoms. The van der Waals surface area contributed by atoms with E-state index in [-0.39, 0.29) is 18.6 Å². The number of ether oxygens (including phenoxy) is 2. The first-order valence-electron chi connectivity index (χ1n) is 5.63. The highest BCUT2D eigenvalue weighted by Crippen LogP contribution is 2.08. The average Bonchev–Trinajstić information content (AvgIpc) is 2.29. The standard InChI is InChI=1S/C11H17NO5/c1-3-17-11(15)9(13)6-10(14)12-4-5-16-7-8(12)2/h8H,3-7H2,1-2H3/t8-/m1/s1. The van der Waals surface area contributed by atoms with E-state index < -0.39 is 18.2 Å². The van der Waals surface area contributed by atoms with Gasteiger partial charge in [0.15, 0.2) is 0 Å². The molecule has 1 saturated heterocycles. The Labute approximate surface area is 99.9 Å². The highest BCUT2D eigenvalue weighted by atomic mass is 16.5. The molecular formula is C11H17NO5. The zero-order chi connectivity index (χ0) is 12.8. The third-order valence-electron chi connectivity index (χ3n) is 2.50. The van der Waals surface area contributed by atoms with Crippen molar-refractivity contribution in [1.82, 2.24) is 4.90 Å². The molecule has 1 amide bonds. The van der Waals surface area contributed by atoms with Crippen molar-refractivity contribution in [2.24, 2.45) is 0 Å². The van der Waals surface area contributed by atoms with Gasteiger partial charge in [0.1, 0.15) is 0 Å². The second-order valence-electron chi connectivity index (χ2n) is 3.83. The number of rotatable bonds is 4. The molecule has 1 heterocycles. The van der Waals surface area contributed by atoms with Crippen molar-refractivity contribution in [2.75, 3.05) is 26.4 Å². The monoisotopic (exact) mass is 243 g/mol. The summed E-state index contributed by atoms with van der Waals surface area (Å²) in [4.78, 5) is 35.7. The molecule has 6 nitrogen and oxygen atoms in total. The zero-order valence-corrected chi connectivity index (χ0v) is 10.1. The Morgan fingerprint density at radius 1 is 1.41 bits per heavy atom. The van der Waals surface area contributed by atoms with Crippen LogP contribution in [0.3, 0.4) is 0 Å². The summed E-state index contributed by atoms with van der Waals surface area (Å²) in [6.45, 7) is 4.95. The Bertz CT molecular complexity index is 315. The summed E-state index contributed by atoms with van der Waals surface area (Å²) >= 11 is 0. The fraction of sp³-hybridized carbons (Fsp3) is 0.727. The second-order valence-corrected chi connectivity index (χ2v) is 3.83. The molecule has 6 heteroatoms. The molecule has 1 atom stereocenters. The summed E-state index contributed by atoms with van der Waals surface area (Å²) in [6.07, 6.45) is -0.427. The summed E-state index contributed by atoms with van der Waals surface area (Å²) in [5.41, 5.74) is 0. The lowest BCUT2D eigenvalue weighted by atomic mass is 10.2. The van der Waals surface area contributed by atoms with E-state index in [4.69, 9.17) is 4.74 Å². The third-order valence-corrected chi connectivity index (χ3v) is 2.50. The van der Waals surface area contributed by atoms with Gasteiger partial charge in [-0.15, -0.1) is 0 Å². The Balaban J connectivity index is 2.47. The van der Waals surface area contributed by atoms with Crippen LogP contribution in [0.2, 0.25) is 0 Å². The summed E-state index contributed by atoms with van der Waals surface area (Å²) in [5, 5.41) is 0. The first kappa shape index (κ1) is 13.6. The molecule has 0 aromatic heterocycles. The predicted octanol–water partition coefficient (Wildman–Crippen LogP) is -0.244. The number of amides is 1. The summed E-state index contributed by atoms with van der Waals surface area (Å²) in [5.74, 6) is -2.09. The number of carbonyl (C=O) groups excluding carboxylic acids is 3. The van der Waals surface area contributed by atoms with E-state index >= 15 is 0 Å². The minimum atomic E-state index is -0.943. The SMILES string of the molecule is CCOC(=O)C(=O)CC(=O)N1CCOC[C@H]1C. The van der Waals surface area contributed by atoms with Crippen molar-refractivity contribution in [3.8, 4) is 0 Å². The van der Waals surface area contributed by atoms with Crippen LogP contribution in [0, 0.1) is 0 Å². The zero-order valence-electron chi connectivity index (χ0n) is 10.1. The largest absolute Gasteiger partial charge is 0.460 e. The summed E-state index contributed by atoms with van der Waals surface area (Å²) < 4.78 is 9.72. The Morgan fingerprint density at radius 3 is 2.71 bits per heavy atom. The van der Waals surface area contributed by atoms with Crippen LogP contribution in [-0.4, -0.2) is 55.0 Å². The first-order chi connectivity index (χ1) is 8.06. The third kappa shape index (κ3) is 3.81. The van der Waals surface area contributed by atoms with Gasteiger partial charge >= 0.3 is 5.97 Å². The van der Waals surface area contributed by atoms with Crippen molar-refractivity contribution >= 4 is 17.7 Å². The number of esters is 1. The van der Waals surface area contributed by atoms with Gasteiger partial charge < -0.3 is 14.4 Å². The van der Waals surface area contributed by atoms with E-state index in [2.05, 4.69) is 4.74 Å². The fourth-order valence-corrected chi connectivity index (χ4v) is 1.62. The number of carbonyl (C=O) groups is 3. The van der Waals surface area contributed by atoms with Crippen LogP contribution in [0.25, 0.3) is 0 Å². The van der Waals surface area contributed by atoms with Gasteiger partial charge in [-0.3, -0.25) is 9.59 Å². The molecule has 1 aliphatic rings. The lowest BCUT2D eigenvalue weighted by Gasteiger charge is -2.33. The molecular weight excluding hydrogens is 226 g/mol. The fourth-order valence-electron chi connectivity index (χ4n) is 1.62. The summed E-state index contributed by atoms with van der Waals surface area (Å²) in [6, 6.07) is -0.0637. The smallest absolute Gasteiger partial charge is 0.375 e. The van der Waals surface area contributed by atoms with Crippen molar-refractivity contribution < 1.29 is 23.9 Å². The van der Waals surface area contributed by atoms with Crippen molar-refractivity contribution in [3.63, 3.8) is 0 Å². The molecule has 0 radical (unpaired) electrons. The van der Waals surface area contributed by atoms with Gasteiger partial charge in [0.2, 0.25) is 11.7 Å². The van der Waals surface area contributed by atoms with Crippen LogP contribution in [0.15, 0.2) is 0 Å². The van der Waals surface area contributed by atoms with E-state index in [1.165, 1.54) is 0 Å². The van der Waals surface area contributed by atoms with Gasteiger partial charge in [-0.05, 0) is 13.8 Å². The molecule has 0 aromatic rings. The molecule has 0 N–H and O–H groups in total. The number of ketones is 1. The van der Waals surface area contributed by atoms with Crippen LogP contribution >= 0.6 is 0 Å². The van der Waals surface area contributed by atoms with Crippen molar-refractivity contribution in [1.29, 1.82) is 0 Å². The van der Waals surface area contributed by atoms with Crippen LogP contribution in [0.4, 0.5) is 0 Å². The number of morpholine rings is 1. The van der Waals surface area contributed by atoms with Gasteiger partial charge in [0.25, 0.3) is 0 Å². The topological polar surface area (TPSA) is 72.9 Å². The summed E-state index contributed by atoms with van der Waals surface area (Å²) in [7, 11) is 0. The Kier molecular flexibility index (Phi) is 5.09. The Morgan fingerprint density at radius 2 is 2.12 bits per heavy atom. The molecule has 1 aliphatic heterocycles. The lowest BCUT2D eigenvalue weighted by molar-refractivity contribution is -0.156. The van der Waals surface area contributed by atoms with Crippen LogP contribution in [-0.2, 0) is 23.9 Å². The van der Waals surface area contributed by atoms with Gasteiger partial charge in [-0.25, -0.2) is 4.79 Å². The van der Waals surface area contributed by atoms with Crippen molar-refractivity contribution in [2.45, 2.75) is 26.3 Å². The van der Waals surface area contributed by atoms with E-state index in [1.807, 2.05) is 6.92 Å². The molecule has 0 aliphatic carbocycles. The number of nitrogens with zero attached hydrogens (tertiary/aromatic N) is 1. The Hall–Kier alpha value is -1.43. The van der Waals surface area contributed by atoms with E-state index in [0.29, 0.717) is 19.8 Å². The minimum Gasteiger partial charge on any atom is -0.460 e. The molecule has 0 unspecified atom stereocenters.